The molecule has 3 fully saturated rings. The number of carboxylic acids is 2. The number of rotatable bonds is 4. The molecule has 2 aromatic heterocycles. The van der Waals surface area contributed by atoms with Crippen LogP contribution >= 0.6 is 0 Å². The highest BCUT2D eigenvalue weighted by Gasteiger charge is 2.55. The summed E-state index contributed by atoms with van der Waals surface area (Å²) in [5, 5.41) is 14.2. The van der Waals surface area contributed by atoms with Crippen molar-refractivity contribution in [1.82, 2.24) is 19.8 Å². The topological polar surface area (TPSA) is 150 Å². The van der Waals surface area contributed by atoms with E-state index in [1.807, 2.05) is 23.1 Å². The molecule has 5 rings (SSSR count). The summed E-state index contributed by atoms with van der Waals surface area (Å²) in [6, 6.07) is 5.79. The molecule has 5 heterocycles. The number of likely N-dealkylation sites (tertiary alicyclic amines) is 1. The van der Waals surface area contributed by atoms with Crippen LogP contribution in [0.3, 0.4) is 0 Å². The summed E-state index contributed by atoms with van der Waals surface area (Å²) in [6.07, 6.45) is -3.00. The number of carboxylic acid groups (broad SMARTS) is 2. The highest BCUT2D eigenvalue weighted by molar-refractivity contribution is 5.85. The third-order valence-corrected chi connectivity index (χ3v) is 7.27. The fraction of sp³-hybridized carbons (Fsp3) is 0.577. The molecular formula is C26H31F6N5O7. The van der Waals surface area contributed by atoms with E-state index in [0.29, 0.717) is 32.8 Å². The molecule has 0 bridgehead atoms. The van der Waals surface area contributed by atoms with Gasteiger partial charge in [-0.2, -0.15) is 26.3 Å². The van der Waals surface area contributed by atoms with E-state index in [1.165, 1.54) is 0 Å². The molecule has 0 radical (unpaired) electrons. The van der Waals surface area contributed by atoms with Crippen molar-refractivity contribution < 1.29 is 60.1 Å². The lowest BCUT2D eigenvalue weighted by atomic mass is 9.73. The van der Waals surface area contributed by atoms with E-state index in [2.05, 4.69) is 19.8 Å². The van der Waals surface area contributed by atoms with Crippen molar-refractivity contribution in [2.75, 3.05) is 57.4 Å². The number of halogens is 6. The van der Waals surface area contributed by atoms with Crippen LogP contribution in [0.1, 0.15) is 18.6 Å². The van der Waals surface area contributed by atoms with Gasteiger partial charge in [0.1, 0.15) is 5.76 Å². The van der Waals surface area contributed by atoms with Crippen LogP contribution in [0, 0.1) is 11.3 Å². The molecule has 0 aromatic carbocycles. The van der Waals surface area contributed by atoms with Gasteiger partial charge in [0.25, 0.3) is 0 Å². The number of anilines is 1. The van der Waals surface area contributed by atoms with Gasteiger partial charge in [0, 0.05) is 51.0 Å². The van der Waals surface area contributed by atoms with E-state index in [1.54, 1.807) is 18.7 Å². The van der Waals surface area contributed by atoms with Crippen LogP contribution in [0.2, 0.25) is 0 Å². The Kier molecular flexibility index (Phi) is 11.5. The molecule has 3 aliphatic heterocycles. The third-order valence-electron chi connectivity index (χ3n) is 7.27. The lowest BCUT2D eigenvalue weighted by molar-refractivity contribution is -0.193. The van der Waals surface area contributed by atoms with E-state index < -0.39 is 29.7 Å². The summed E-state index contributed by atoms with van der Waals surface area (Å²) in [5.41, 5.74) is -0.394. The van der Waals surface area contributed by atoms with Gasteiger partial charge in [0.05, 0.1) is 31.4 Å². The standard InChI is InChI=1S/C22H29N5O3.2C2HF3O2/c28-20(26-9-12-29-13-10-26)22-5-2-8-25(16-19-4-1-11-30-19)14-18(22)15-27(17-22)21-23-6-3-7-24-21;2*3-2(4,5)1(6)7/h1,3-4,6-7,11,18H,2,5,8-10,12-17H2;2*(H,6,7)/t18-,22-;;/m0../s1. The smallest absolute Gasteiger partial charge is 0.475 e. The molecule has 12 nitrogen and oxygen atoms in total. The van der Waals surface area contributed by atoms with E-state index in [-0.39, 0.29) is 11.8 Å². The van der Waals surface area contributed by atoms with Gasteiger partial charge < -0.3 is 29.2 Å². The number of morpholine rings is 1. The monoisotopic (exact) mass is 639 g/mol. The fourth-order valence-electron chi connectivity index (χ4n) is 5.32. The average Bonchev–Trinajstić information content (AvgIpc) is 3.58. The molecule has 44 heavy (non-hydrogen) atoms. The van der Waals surface area contributed by atoms with Crippen LogP contribution in [-0.4, -0.2) is 113 Å². The first-order chi connectivity index (χ1) is 20.6. The number of fused-ring (bicyclic) bond motifs is 1. The molecule has 1 amide bonds. The number of carbonyl (C=O) groups is 3. The Labute approximate surface area is 247 Å². The lowest BCUT2D eigenvalue weighted by Gasteiger charge is -2.38. The number of furan rings is 1. The predicted molar refractivity (Wildman–Crippen MR) is 138 cm³/mol. The van der Waals surface area contributed by atoms with Crippen molar-refractivity contribution in [3.8, 4) is 0 Å². The number of nitrogens with zero attached hydrogens (tertiary/aromatic N) is 5. The Morgan fingerprint density at radius 3 is 2.05 bits per heavy atom. The minimum absolute atomic E-state index is 0.231. The van der Waals surface area contributed by atoms with Crippen LogP contribution in [0.25, 0.3) is 0 Å². The first kappa shape index (κ1) is 34.6. The zero-order valence-electron chi connectivity index (χ0n) is 23.3. The molecule has 3 aliphatic rings. The van der Waals surface area contributed by atoms with Gasteiger partial charge in [-0.1, -0.05) is 0 Å². The van der Waals surface area contributed by atoms with E-state index in [0.717, 1.165) is 50.7 Å². The normalized spacial score (nSPS) is 22.5. The maximum absolute atomic E-state index is 13.9. The highest BCUT2D eigenvalue weighted by atomic mass is 19.4. The number of alkyl halides is 6. The van der Waals surface area contributed by atoms with Crippen molar-refractivity contribution >= 4 is 23.8 Å². The number of aromatic nitrogens is 2. The number of hydrogen-bond acceptors (Lipinski definition) is 9. The molecule has 0 aliphatic carbocycles. The predicted octanol–water partition coefficient (Wildman–Crippen LogP) is 2.91. The number of ether oxygens (including phenoxy) is 1. The summed E-state index contributed by atoms with van der Waals surface area (Å²) in [7, 11) is 0. The van der Waals surface area contributed by atoms with Crippen LogP contribution in [-0.2, 0) is 25.7 Å². The molecule has 18 heteroatoms. The average molecular weight is 640 g/mol. The molecule has 0 saturated carbocycles. The molecule has 2 aromatic rings. The van der Waals surface area contributed by atoms with Crippen LogP contribution in [0.5, 0.6) is 0 Å². The van der Waals surface area contributed by atoms with Gasteiger partial charge in [0.2, 0.25) is 11.9 Å². The van der Waals surface area contributed by atoms with Crippen LogP contribution in [0.15, 0.2) is 41.3 Å². The van der Waals surface area contributed by atoms with Crippen molar-refractivity contribution in [3.63, 3.8) is 0 Å². The van der Waals surface area contributed by atoms with E-state index >= 15 is 0 Å². The van der Waals surface area contributed by atoms with Crippen molar-refractivity contribution in [2.24, 2.45) is 11.3 Å². The summed E-state index contributed by atoms with van der Waals surface area (Å²) >= 11 is 0. The number of carbonyl (C=O) groups excluding carboxylic acids is 1. The second kappa shape index (κ2) is 14.7. The number of hydrogen-bond donors (Lipinski definition) is 2. The minimum atomic E-state index is -5.08. The van der Waals surface area contributed by atoms with Crippen molar-refractivity contribution in [2.45, 2.75) is 31.7 Å². The number of aliphatic carboxylic acids is 2. The van der Waals surface area contributed by atoms with Gasteiger partial charge in [-0.3, -0.25) is 9.69 Å². The molecule has 0 unspecified atom stereocenters. The third kappa shape index (κ3) is 9.28. The molecule has 244 valence electrons. The Morgan fingerprint density at radius 1 is 0.932 bits per heavy atom. The van der Waals surface area contributed by atoms with Crippen molar-refractivity contribution in [3.05, 3.63) is 42.6 Å². The summed E-state index contributed by atoms with van der Waals surface area (Å²) < 4.78 is 74.6. The number of amides is 1. The Bertz CT molecular complexity index is 1200. The molecule has 2 atom stereocenters. The molecule has 2 N–H and O–H groups in total. The zero-order valence-corrected chi connectivity index (χ0v) is 23.3. The quantitative estimate of drug-likeness (QED) is 0.476. The second-order valence-electron chi connectivity index (χ2n) is 10.2. The summed E-state index contributed by atoms with van der Waals surface area (Å²) in [4.78, 5) is 47.3. The second-order valence-corrected chi connectivity index (χ2v) is 10.2. The van der Waals surface area contributed by atoms with Gasteiger partial charge >= 0.3 is 24.3 Å². The minimum Gasteiger partial charge on any atom is -0.475 e. The Balaban J connectivity index is 0.000000317. The summed E-state index contributed by atoms with van der Waals surface area (Å²) in [6.45, 7) is 6.76. The maximum Gasteiger partial charge on any atom is 0.490 e. The first-order valence-corrected chi connectivity index (χ1v) is 13.4. The van der Waals surface area contributed by atoms with Crippen molar-refractivity contribution in [1.29, 1.82) is 0 Å². The highest BCUT2D eigenvalue weighted by Crippen LogP contribution is 2.45. The molecular weight excluding hydrogens is 608 g/mol. The Hall–Kier alpha value is -3.93. The Morgan fingerprint density at radius 2 is 1.52 bits per heavy atom. The van der Waals surface area contributed by atoms with Gasteiger partial charge in [-0.15, -0.1) is 0 Å². The molecule has 0 spiro atoms. The van der Waals surface area contributed by atoms with Gasteiger partial charge in [0.15, 0.2) is 0 Å². The van der Waals surface area contributed by atoms with Crippen LogP contribution < -0.4 is 4.90 Å². The summed E-state index contributed by atoms with van der Waals surface area (Å²) in [5.74, 6) is -3.30. The fourth-order valence-corrected chi connectivity index (χ4v) is 5.32. The zero-order chi connectivity index (χ0) is 32.5. The largest absolute Gasteiger partial charge is 0.490 e. The van der Waals surface area contributed by atoms with E-state index in [4.69, 9.17) is 29.0 Å². The maximum atomic E-state index is 13.9. The molecule has 3 saturated heterocycles. The lowest BCUT2D eigenvalue weighted by Crippen LogP contribution is -2.52. The van der Waals surface area contributed by atoms with Gasteiger partial charge in [-0.05, 0) is 37.6 Å². The van der Waals surface area contributed by atoms with Crippen LogP contribution in [0.4, 0.5) is 32.3 Å². The SMILES string of the molecule is O=C(N1CCOCC1)[C@]12CCCN(Cc3ccco3)C[C@H]1CN(c1ncccn1)C2.O=C(O)C(F)(F)F.O=C(O)C(F)(F)F. The van der Waals surface area contributed by atoms with Gasteiger partial charge in [-0.25, -0.2) is 19.6 Å². The van der Waals surface area contributed by atoms with E-state index in [9.17, 15) is 31.1 Å². The first-order valence-electron chi connectivity index (χ1n) is 13.4.